The summed E-state index contributed by atoms with van der Waals surface area (Å²) in [5, 5.41) is 0. The molecule has 6 heteroatoms. The zero-order valence-electron chi connectivity index (χ0n) is 16.6. The number of carbonyl (C=O) groups excluding carboxylic acids is 1. The average molecular weight is 370 g/mol. The van der Waals surface area contributed by atoms with Crippen molar-refractivity contribution in [1.29, 1.82) is 0 Å². The smallest absolute Gasteiger partial charge is 0.489 e. The van der Waals surface area contributed by atoms with E-state index < -0.39 is 20.3 Å². The number of aryl methyl sites for hydroxylation is 2. The first-order chi connectivity index (χ1) is 11.4. The minimum atomic E-state index is -3.09. The van der Waals surface area contributed by atoms with Gasteiger partial charge < -0.3 is 9.63 Å². The minimum absolute atomic E-state index is 0.208. The Morgan fingerprint density at radius 2 is 1.72 bits per heavy atom. The Morgan fingerprint density at radius 1 is 1.20 bits per heavy atom. The largest absolute Gasteiger partial charge is 0.566 e. The lowest BCUT2D eigenvalue weighted by atomic mass is 9.84. The van der Waals surface area contributed by atoms with E-state index in [2.05, 4.69) is 18.4 Å². The Morgan fingerprint density at radius 3 is 2.12 bits per heavy atom. The molecule has 0 aliphatic heterocycles. The number of carbonyl (C=O) groups is 1. The molecule has 0 bridgehead atoms. The molecule has 25 heavy (non-hydrogen) atoms. The summed E-state index contributed by atoms with van der Waals surface area (Å²) in [5.74, 6) is -0.263. The van der Waals surface area contributed by atoms with Crippen molar-refractivity contribution >= 4 is 14.2 Å². The molecule has 0 N–H and O–H groups in total. The van der Waals surface area contributed by atoms with Gasteiger partial charge in [-0.05, 0) is 36.3 Å². The second-order valence-electron chi connectivity index (χ2n) is 7.10. The maximum Gasteiger partial charge on any atom is 0.489 e. The van der Waals surface area contributed by atoms with Gasteiger partial charge >= 0.3 is 14.2 Å². The molecule has 0 aliphatic rings. The predicted molar refractivity (Wildman–Crippen MR) is 99.0 cm³/mol. The van der Waals surface area contributed by atoms with Crippen molar-refractivity contribution in [3.63, 3.8) is 0 Å². The third-order valence-corrected chi connectivity index (χ3v) is 3.99. The Kier molecular flexibility index (Phi) is 10.1. The van der Waals surface area contributed by atoms with Crippen LogP contribution in [0, 0.1) is 13.8 Å². The molecular formula is C19H31O5P. The van der Waals surface area contributed by atoms with Crippen molar-refractivity contribution in [3.05, 3.63) is 28.8 Å². The van der Waals surface area contributed by atoms with Gasteiger partial charge in [0.1, 0.15) is 5.75 Å². The molecule has 1 rings (SSSR count). The highest BCUT2D eigenvalue weighted by atomic mass is 31.1. The quantitative estimate of drug-likeness (QED) is 0.425. The molecular weight excluding hydrogens is 339 g/mol. The summed E-state index contributed by atoms with van der Waals surface area (Å²) in [7, 11) is -3.09. The van der Waals surface area contributed by atoms with Crippen LogP contribution in [0.3, 0.4) is 0 Å². The van der Waals surface area contributed by atoms with Crippen molar-refractivity contribution in [2.45, 2.75) is 79.8 Å². The number of benzene rings is 1. The third-order valence-electron chi connectivity index (χ3n) is 3.51. The molecule has 0 aromatic heterocycles. The van der Waals surface area contributed by atoms with E-state index in [1.165, 1.54) is 19.8 Å². The molecule has 142 valence electrons. The van der Waals surface area contributed by atoms with Gasteiger partial charge in [-0.2, -0.15) is 0 Å². The van der Waals surface area contributed by atoms with Gasteiger partial charge in [0, 0.05) is 5.56 Å². The van der Waals surface area contributed by atoms with Gasteiger partial charge in [-0.1, -0.05) is 65.2 Å². The molecule has 0 saturated heterocycles. The summed E-state index contributed by atoms with van der Waals surface area (Å²) in [6.45, 7) is 15.6. The third kappa shape index (κ3) is 8.57. The lowest BCUT2D eigenvalue weighted by Crippen LogP contribution is -2.26. The summed E-state index contributed by atoms with van der Waals surface area (Å²) in [6, 6.07) is 3.88. The maximum absolute atomic E-state index is 11.9. The molecule has 1 aromatic carbocycles. The molecule has 2 atom stereocenters. The SMILES string of the molecule is CCCC.Cc1cc(C)c(OC(=O)C(C)O[P+](=O)[O-])c(C(C)(C)C)c1. The molecule has 0 amide bonds. The first kappa shape index (κ1) is 23.7. The fourth-order valence-corrected chi connectivity index (χ4v) is 2.35. The first-order valence-corrected chi connectivity index (χ1v) is 9.68. The van der Waals surface area contributed by atoms with Gasteiger partial charge in [0.15, 0.2) is 0 Å². The van der Waals surface area contributed by atoms with Crippen molar-refractivity contribution in [3.8, 4) is 5.75 Å². The van der Waals surface area contributed by atoms with Crippen molar-refractivity contribution in [1.82, 2.24) is 0 Å². The van der Waals surface area contributed by atoms with Gasteiger partial charge in [0.2, 0.25) is 6.10 Å². The van der Waals surface area contributed by atoms with Gasteiger partial charge in [-0.15, -0.1) is 4.52 Å². The zero-order valence-corrected chi connectivity index (χ0v) is 17.5. The second-order valence-corrected chi connectivity index (χ2v) is 7.76. The summed E-state index contributed by atoms with van der Waals surface area (Å²) in [4.78, 5) is 22.5. The second kappa shape index (κ2) is 10.6. The van der Waals surface area contributed by atoms with E-state index in [1.54, 1.807) is 0 Å². The van der Waals surface area contributed by atoms with Crippen LogP contribution < -0.4 is 9.63 Å². The molecule has 5 nitrogen and oxygen atoms in total. The van der Waals surface area contributed by atoms with Crippen LogP contribution in [0.5, 0.6) is 5.75 Å². The first-order valence-electron chi connectivity index (χ1n) is 8.58. The van der Waals surface area contributed by atoms with Gasteiger partial charge in [-0.3, -0.25) is 0 Å². The van der Waals surface area contributed by atoms with E-state index in [4.69, 9.17) is 4.74 Å². The van der Waals surface area contributed by atoms with E-state index in [1.807, 2.05) is 46.8 Å². The van der Waals surface area contributed by atoms with Crippen LogP contribution >= 0.6 is 8.25 Å². The van der Waals surface area contributed by atoms with Crippen LogP contribution in [-0.2, 0) is 19.3 Å². The van der Waals surface area contributed by atoms with Crippen molar-refractivity contribution < 1.29 is 23.5 Å². The summed E-state index contributed by atoms with van der Waals surface area (Å²) < 4.78 is 20.4. The van der Waals surface area contributed by atoms with Crippen LogP contribution in [0.1, 0.15) is 71.1 Å². The van der Waals surface area contributed by atoms with Crippen LogP contribution in [0.4, 0.5) is 0 Å². The minimum Gasteiger partial charge on any atom is -0.566 e. The molecule has 0 fully saturated rings. The Bertz CT molecular complexity index is 588. The van der Waals surface area contributed by atoms with E-state index in [0.29, 0.717) is 5.75 Å². The number of rotatable bonds is 5. The number of ether oxygens (including phenoxy) is 1. The van der Waals surface area contributed by atoms with E-state index in [-0.39, 0.29) is 5.41 Å². The van der Waals surface area contributed by atoms with E-state index >= 15 is 0 Å². The molecule has 0 aliphatic carbocycles. The normalized spacial score (nSPS) is 12.8. The number of unbranched alkanes of at least 4 members (excludes halogenated alkanes) is 1. The van der Waals surface area contributed by atoms with Gasteiger partial charge in [0.25, 0.3) is 0 Å². The maximum atomic E-state index is 11.9. The zero-order chi connectivity index (χ0) is 19.8. The van der Waals surface area contributed by atoms with Gasteiger partial charge in [0.05, 0.1) is 0 Å². The lowest BCUT2D eigenvalue weighted by molar-refractivity contribution is -0.191. The molecule has 0 saturated carbocycles. The summed E-state index contributed by atoms with van der Waals surface area (Å²) in [6.07, 6.45) is 1.47. The summed E-state index contributed by atoms with van der Waals surface area (Å²) in [5.41, 5.74) is 2.59. The molecule has 0 radical (unpaired) electrons. The highest BCUT2D eigenvalue weighted by Crippen LogP contribution is 2.35. The molecule has 1 aromatic rings. The Balaban J connectivity index is 0.00000129. The number of hydrogen-bond acceptors (Lipinski definition) is 5. The lowest BCUT2D eigenvalue weighted by Gasteiger charge is -2.24. The van der Waals surface area contributed by atoms with Crippen LogP contribution in [0.25, 0.3) is 0 Å². The fourth-order valence-electron chi connectivity index (χ4n) is 2.00. The highest BCUT2D eigenvalue weighted by molar-refractivity contribution is 7.30. The monoisotopic (exact) mass is 370 g/mol. The number of esters is 1. The van der Waals surface area contributed by atoms with Crippen LogP contribution in [-0.4, -0.2) is 12.1 Å². The fraction of sp³-hybridized carbons (Fsp3) is 0.632. The topological polar surface area (TPSA) is 75.7 Å². The van der Waals surface area contributed by atoms with E-state index in [9.17, 15) is 14.3 Å². The van der Waals surface area contributed by atoms with Gasteiger partial charge in [-0.25, -0.2) is 4.79 Å². The molecule has 0 spiro atoms. The number of hydrogen-bond donors (Lipinski definition) is 0. The Hall–Kier alpha value is -1.29. The summed E-state index contributed by atoms with van der Waals surface area (Å²) >= 11 is 0. The Labute approximate surface area is 152 Å². The standard InChI is InChI=1S/C15H21O5P.C4H10/c1-9-7-10(2)13(12(8-9)15(4,5)6)19-14(16)11(3)20-21(17)18;1-3-4-2/h7-8,11H,1-6H3;3-4H2,1-2H3. The van der Waals surface area contributed by atoms with E-state index in [0.717, 1.165) is 16.7 Å². The predicted octanol–water partition coefficient (Wildman–Crippen LogP) is 4.74. The molecule has 2 unspecified atom stereocenters. The van der Waals surface area contributed by atoms with Crippen LogP contribution in [0.15, 0.2) is 12.1 Å². The van der Waals surface area contributed by atoms with Crippen molar-refractivity contribution in [2.24, 2.45) is 0 Å². The highest BCUT2D eigenvalue weighted by Gasteiger charge is 2.27. The van der Waals surface area contributed by atoms with Crippen LogP contribution in [0.2, 0.25) is 0 Å². The molecule has 0 heterocycles. The van der Waals surface area contributed by atoms with Crippen molar-refractivity contribution in [2.75, 3.05) is 0 Å². The average Bonchev–Trinajstić information content (AvgIpc) is 2.48.